The highest BCUT2D eigenvalue weighted by molar-refractivity contribution is 7.55. The summed E-state index contributed by atoms with van der Waals surface area (Å²) in [5.41, 5.74) is 2.96. The van der Waals surface area contributed by atoms with Crippen molar-refractivity contribution in [3.63, 3.8) is 0 Å². The molecule has 0 fully saturated rings. The van der Waals surface area contributed by atoms with Gasteiger partial charge in [-0.1, -0.05) is 33.0 Å². The Morgan fingerprint density at radius 2 is 1.79 bits per heavy atom. The zero-order valence-electron chi connectivity index (χ0n) is 21.4. The Hall–Kier alpha value is -3.58. The third-order valence-corrected chi connectivity index (χ3v) is 7.21. The molecule has 6 nitrogen and oxygen atoms in total. The summed E-state index contributed by atoms with van der Waals surface area (Å²) in [5.74, 6) is -0.185. The van der Waals surface area contributed by atoms with Gasteiger partial charge in [0.1, 0.15) is 17.9 Å². The van der Waals surface area contributed by atoms with Crippen LogP contribution in [-0.2, 0) is 0 Å². The van der Waals surface area contributed by atoms with E-state index in [0.717, 1.165) is 0 Å². The fourth-order valence-electron chi connectivity index (χ4n) is 4.81. The second-order valence-electron chi connectivity index (χ2n) is 9.38. The first kappa shape index (κ1) is 26.0. The molecule has 0 saturated carbocycles. The van der Waals surface area contributed by atoms with Crippen molar-refractivity contribution in [2.24, 2.45) is 0 Å². The number of amides is 1. The van der Waals surface area contributed by atoms with Crippen LogP contribution in [0.1, 0.15) is 35.6 Å². The molecule has 3 aromatic carbocycles. The minimum absolute atomic E-state index is 0.124. The van der Waals surface area contributed by atoms with E-state index < -0.39 is 18.5 Å². The van der Waals surface area contributed by atoms with Gasteiger partial charge in [-0.3, -0.25) is 9.36 Å². The minimum atomic E-state index is -3.07. The van der Waals surface area contributed by atoms with Crippen molar-refractivity contribution in [3.05, 3.63) is 71.8 Å². The van der Waals surface area contributed by atoms with Crippen molar-refractivity contribution in [1.29, 1.82) is 0 Å². The van der Waals surface area contributed by atoms with Crippen LogP contribution in [0.25, 0.3) is 27.8 Å². The number of aromatic nitrogens is 2. The van der Waals surface area contributed by atoms with Crippen LogP contribution < -0.4 is 9.47 Å². The zero-order valence-corrected chi connectivity index (χ0v) is 22.3. The van der Waals surface area contributed by atoms with Crippen LogP contribution in [-0.4, -0.2) is 53.7 Å². The number of rotatable bonds is 7. The predicted octanol–water partition coefficient (Wildman–Crippen LogP) is 7.05. The average Bonchev–Trinajstić information content (AvgIpc) is 3.21. The molecule has 10 heteroatoms. The van der Waals surface area contributed by atoms with Crippen molar-refractivity contribution in [3.8, 4) is 28.3 Å². The summed E-state index contributed by atoms with van der Waals surface area (Å²) in [4.78, 5) is 19.8. The van der Waals surface area contributed by atoms with Crippen LogP contribution >= 0.6 is 7.92 Å². The fourth-order valence-corrected chi connectivity index (χ4v) is 5.20. The number of benzene rings is 3. The molecule has 38 heavy (non-hydrogen) atoms. The number of alkyl halides is 2. The number of hydrogen-bond acceptors (Lipinski definition) is 4. The zero-order chi connectivity index (χ0) is 27.1. The van der Waals surface area contributed by atoms with Crippen LogP contribution in [0.3, 0.4) is 0 Å². The number of hydrogen-bond donors (Lipinski definition) is 0. The first-order valence-electron chi connectivity index (χ1n) is 12.1. The number of imidazole rings is 1. The molecule has 0 aliphatic carbocycles. The number of para-hydroxylation sites is 1. The average molecular weight is 542 g/mol. The highest BCUT2D eigenvalue weighted by atomic mass is 31.1. The molecule has 1 aromatic heterocycles. The predicted molar refractivity (Wildman–Crippen MR) is 142 cm³/mol. The van der Waals surface area contributed by atoms with Crippen LogP contribution in [0.15, 0.2) is 54.6 Å². The van der Waals surface area contributed by atoms with E-state index in [1.165, 1.54) is 18.2 Å². The summed E-state index contributed by atoms with van der Waals surface area (Å²) in [6.45, 7) is 2.96. The number of nitrogens with zero attached hydrogens (tertiary/aromatic N) is 3. The maximum Gasteiger partial charge on any atom is 0.387 e. The molecule has 1 atom stereocenters. The Bertz CT molecular complexity index is 1520. The van der Waals surface area contributed by atoms with E-state index in [1.807, 2.05) is 19.1 Å². The summed E-state index contributed by atoms with van der Waals surface area (Å²) in [5, 5.41) is 0. The van der Waals surface area contributed by atoms with E-state index in [9.17, 15) is 18.0 Å². The van der Waals surface area contributed by atoms with Gasteiger partial charge in [0.2, 0.25) is 0 Å². The summed E-state index contributed by atoms with van der Waals surface area (Å²) in [7, 11) is 1.34. The van der Waals surface area contributed by atoms with Gasteiger partial charge in [-0.25, -0.2) is 9.37 Å². The quantitative estimate of drug-likeness (QED) is 0.235. The summed E-state index contributed by atoms with van der Waals surface area (Å²) < 4.78 is 53.8. The van der Waals surface area contributed by atoms with Gasteiger partial charge in [-0.2, -0.15) is 8.78 Å². The SMILES string of the molecule is CCC1c2nc3ccc(-c4ccc(OCP(C)C)c(F)c4)cc3n2-c2c(OC(F)F)cccc2C(=O)N1C. The van der Waals surface area contributed by atoms with Gasteiger partial charge in [0.15, 0.2) is 17.3 Å². The monoisotopic (exact) mass is 541 g/mol. The van der Waals surface area contributed by atoms with Gasteiger partial charge >= 0.3 is 6.61 Å². The van der Waals surface area contributed by atoms with Gasteiger partial charge < -0.3 is 14.4 Å². The Morgan fingerprint density at radius 1 is 1.05 bits per heavy atom. The lowest BCUT2D eigenvalue weighted by Gasteiger charge is -2.24. The molecule has 1 amide bonds. The third kappa shape index (κ3) is 4.60. The molecule has 1 unspecified atom stereocenters. The summed E-state index contributed by atoms with van der Waals surface area (Å²) >= 11 is 0. The van der Waals surface area contributed by atoms with Crippen molar-refractivity contribution >= 4 is 24.9 Å². The van der Waals surface area contributed by atoms with Crippen molar-refractivity contribution in [2.75, 3.05) is 26.7 Å². The van der Waals surface area contributed by atoms with Gasteiger partial charge in [-0.15, -0.1) is 0 Å². The van der Waals surface area contributed by atoms with E-state index >= 15 is 0 Å². The molecular formula is C28H27F3N3O3P. The lowest BCUT2D eigenvalue weighted by Crippen LogP contribution is -2.30. The first-order valence-corrected chi connectivity index (χ1v) is 14.6. The van der Waals surface area contributed by atoms with E-state index in [2.05, 4.69) is 13.3 Å². The van der Waals surface area contributed by atoms with E-state index in [1.54, 1.807) is 40.8 Å². The topological polar surface area (TPSA) is 56.6 Å². The summed E-state index contributed by atoms with van der Waals surface area (Å²) in [6, 6.07) is 14.4. The standard InChI is InChI=1S/C28H27F3N3O3P/c1-5-21-26-32-20-11-9-17(16-10-12-23(19(29)13-16)36-15-38(3)4)14-22(20)34(26)25-18(27(35)33(21)2)7-6-8-24(25)37-28(30)31/h6-14,21,28H,5,15H2,1-4H3. The number of fused-ring (bicyclic) bond motifs is 5. The van der Waals surface area contributed by atoms with Gasteiger partial charge in [0.05, 0.1) is 22.6 Å². The molecule has 2 heterocycles. The molecule has 0 spiro atoms. The molecule has 5 rings (SSSR count). The third-order valence-electron chi connectivity index (χ3n) is 6.57. The second-order valence-corrected chi connectivity index (χ2v) is 11.8. The number of carbonyl (C=O) groups excluding carboxylic acids is 1. The molecule has 1 aliphatic rings. The Balaban J connectivity index is 1.71. The molecule has 0 saturated heterocycles. The largest absolute Gasteiger partial charge is 0.486 e. The molecule has 198 valence electrons. The smallest absolute Gasteiger partial charge is 0.387 e. The van der Waals surface area contributed by atoms with Crippen molar-refractivity contribution in [2.45, 2.75) is 26.0 Å². The highest BCUT2D eigenvalue weighted by Gasteiger charge is 2.35. The molecule has 0 bridgehead atoms. The molecule has 0 radical (unpaired) electrons. The number of carbonyl (C=O) groups is 1. The van der Waals surface area contributed by atoms with Gasteiger partial charge in [0, 0.05) is 7.05 Å². The second kappa shape index (κ2) is 10.3. The first-order chi connectivity index (χ1) is 18.2. The van der Waals surface area contributed by atoms with Crippen LogP contribution in [0.4, 0.5) is 13.2 Å². The lowest BCUT2D eigenvalue weighted by molar-refractivity contribution is -0.0498. The molecule has 1 aliphatic heterocycles. The molecular weight excluding hydrogens is 514 g/mol. The van der Waals surface area contributed by atoms with Crippen LogP contribution in [0, 0.1) is 5.82 Å². The highest BCUT2D eigenvalue weighted by Crippen LogP contribution is 2.41. The fraction of sp³-hybridized carbons (Fsp3) is 0.286. The Labute approximate surface area is 219 Å². The van der Waals surface area contributed by atoms with Crippen molar-refractivity contribution < 1.29 is 27.4 Å². The van der Waals surface area contributed by atoms with E-state index in [-0.39, 0.29) is 36.6 Å². The van der Waals surface area contributed by atoms with E-state index in [4.69, 9.17) is 14.5 Å². The minimum Gasteiger partial charge on any atom is -0.486 e. The van der Waals surface area contributed by atoms with Crippen LogP contribution in [0.5, 0.6) is 11.5 Å². The lowest BCUT2D eigenvalue weighted by atomic mass is 10.0. The Morgan fingerprint density at radius 3 is 2.47 bits per heavy atom. The maximum absolute atomic E-state index is 14.9. The molecule has 0 N–H and O–H groups in total. The van der Waals surface area contributed by atoms with E-state index in [0.29, 0.717) is 40.8 Å². The summed E-state index contributed by atoms with van der Waals surface area (Å²) in [6.07, 6.45) is 1.02. The van der Waals surface area contributed by atoms with Gasteiger partial charge in [0.25, 0.3) is 5.91 Å². The maximum atomic E-state index is 14.9. The number of ether oxygens (including phenoxy) is 2. The van der Waals surface area contributed by atoms with Gasteiger partial charge in [-0.05, 0) is 67.3 Å². The molecule has 4 aromatic rings. The van der Waals surface area contributed by atoms with Crippen molar-refractivity contribution in [1.82, 2.24) is 14.5 Å². The van der Waals surface area contributed by atoms with Crippen LogP contribution in [0.2, 0.25) is 0 Å². The normalized spacial score (nSPS) is 15.1. The Kier molecular flexibility index (Phi) is 7.05. The number of halogens is 3.